The largest absolute Gasteiger partial charge is 0.417 e. The maximum Gasteiger partial charge on any atom is 0.417 e. The van der Waals surface area contributed by atoms with Crippen LogP contribution in [0.2, 0.25) is 5.02 Å². The zero-order valence-electron chi connectivity index (χ0n) is 14.5. The van der Waals surface area contributed by atoms with Crippen LogP contribution < -0.4 is 21.7 Å². The molecule has 0 aliphatic carbocycles. The van der Waals surface area contributed by atoms with E-state index in [1.165, 1.54) is 6.20 Å². The van der Waals surface area contributed by atoms with Gasteiger partial charge in [-0.25, -0.2) is 4.98 Å². The molecule has 2 atom stereocenters. The topological polar surface area (TPSA) is 83.9 Å². The first kappa shape index (κ1) is 19.6. The van der Waals surface area contributed by atoms with Crippen LogP contribution in [-0.2, 0) is 6.18 Å². The van der Waals surface area contributed by atoms with Crippen molar-refractivity contribution in [2.24, 2.45) is 5.92 Å². The van der Waals surface area contributed by atoms with Crippen LogP contribution in [0.15, 0.2) is 29.3 Å². The van der Waals surface area contributed by atoms with Crippen molar-refractivity contribution in [3.63, 3.8) is 0 Å². The van der Waals surface area contributed by atoms with Gasteiger partial charge >= 0.3 is 6.18 Å². The predicted molar refractivity (Wildman–Crippen MR) is 94.8 cm³/mol. The van der Waals surface area contributed by atoms with E-state index in [0.29, 0.717) is 18.4 Å². The summed E-state index contributed by atoms with van der Waals surface area (Å²) in [6, 6.07) is 2.37. The van der Waals surface area contributed by atoms with E-state index in [1.807, 2.05) is 13.8 Å². The average Bonchev–Trinajstić information content (AvgIpc) is 2.94. The zero-order chi connectivity index (χ0) is 19.8. The molecule has 2 unspecified atom stereocenters. The molecule has 0 saturated carbocycles. The van der Waals surface area contributed by atoms with Gasteiger partial charge in [-0.1, -0.05) is 11.6 Å². The van der Waals surface area contributed by atoms with Gasteiger partial charge in [-0.3, -0.25) is 15.6 Å². The molecular formula is C16H18ClF3N6O. The third-order valence-corrected chi connectivity index (χ3v) is 4.93. The van der Waals surface area contributed by atoms with Crippen LogP contribution in [0.25, 0.3) is 5.82 Å². The standard InChI is InChI=1S/C16H18ClF3N6O/c1-8-11(9(2)25-24-8)6-21-12-7-23-26(15(27)14(12)17)13-4-3-10(5-22-13)16(18,19)20/h3-5,7-9,11,21,24-25H,6H2,1-2H3. The van der Waals surface area contributed by atoms with Gasteiger partial charge < -0.3 is 5.32 Å². The second-order valence-electron chi connectivity index (χ2n) is 6.40. The van der Waals surface area contributed by atoms with Crippen molar-refractivity contribution >= 4 is 17.3 Å². The molecule has 146 valence electrons. The molecule has 0 spiro atoms. The summed E-state index contributed by atoms with van der Waals surface area (Å²) in [5, 5.41) is 6.97. The highest BCUT2D eigenvalue weighted by molar-refractivity contribution is 6.32. The predicted octanol–water partition coefficient (Wildman–Crippen LogP) is 2.21. The Morgan fingerprint density at radius 2 is 1.89 bits per heavy atom. The summed E-state index contributed by atoms with van der Waals surface area (Å²) in [6.45, 7) is 4.64. The molecule has 0 bridgehead atoms. The number of anilines is 1. The van der Waals surface area contributed by atoms with Crippen molar-refractivity contribution in [2.75, 3.05) is 11.9 Å². The van der Waals surface area contributed by atoms with Gasteiger partial charge in [0.2, 0.25) is 0 Å². The van der Waals surface area contributed by atoms with Crippen LogP contribution in [-0.4, -0.2) is 33.4 Å². The fourth-order valence-corrected chi connectivity index (χ4v) is 3.09. The fourth-order valence-electron chi connectivity index (χ4n) is 2.89. The SMILES string of the molecule is CC1NNC(C)C1CNc1cnn(-c2ccc(C(F)(F)F)cn2)c(=O)c1Cl. The Balaban J connectivity index is 1.80. The first-order valence-corrected chi connectivity index (χ1v) is 8.62. The van der Waals surface area contributed by atoms with Crippen molar-refractivity contribution in [1.29, 1.82) is 0 Å². The quantitative estimate of drug-likeness (QED) is 0.727. The molecule has 7 nitrogen and oxygen atoms in total. The van der Waals surface area contributed by atoms with Gasteiger partial charge in [0.25, 0.3) is 5.56 Å². The molecule has 3 rings (SSSR count). The van der Waals surface area contributed by atoms with E-state index >= 15 is 0 Å². The summed E-state index contributed by atoms with van der Waals surface area (Å²) in [5.41, 5.74) is 5.05. The molecule has 0 radical (unpaired) electrons. The number of hydrogen-bond donors (Lipinski definition) is 3. The Morgan fingerprint density at radius 1 is 1.22 bits per heavy atom. The lowest BCUT2D eigenvalue weighted by atomic mass is 9.97. The molecular weight excluding hydrogens is 385 g/mol. The highest BCUT2D eigenvalue weighted by Gasteiger charge is 2.31. The van der Waals surface area contributed by atoms with Gasteiger partial charge in [-0.05, 0) is 26.0 Å². The average molecular weight is 403 g/mol. The molecule has 3 N–H and O–H groups in total. The summed E-state index contributed by atoms with van der Waals surface area (Å²) >= 11 is 6.14. The molecule has 0 amide bonds. The summed E-state index contributed by atoms with van der Waals surface area (Å²) in [5.74, 6) is 0.216. The fraction of sp³-hybridized carbons (Fsp3) is 0.438. The number of hydrazine groups is 1. The number of nitrogens with one attached hydrogen (secondary N) is 3. The Labute approximate surface area is 157 Å². The van der Waals surface area contributed by atoms with Crippen molar-refractivity contribution in [3.05, 3.63) is 45.5 Å². The van der Waals surface area contributed by atoms with Gasteiger partial charge in [0.1, 0.15) is 5.02 Å². The van der Waals surface area contributed by atoms with Crippen LogP contribution in [0, 0.1) is 5.92 Å². The Bertz CT molecular complexity index is 860. The van der Waals surface area contributed by atoms with Crippen LogP contribution in [0.1, 0.15) is 19.4 Å². The summed E-state index contributed by atoms with van der Waals surface area (Å²) in [4.78, 5) is 16.1. The molecule has 27 heavy (non-hydrogen) atoms. The molecule has 1 fully saturated rings. The van der Waals surface area contributed by atoms with Crippen LogP contribution in [0.5, 0.6) is 0 Å². The van der Waals surface area contributed by atoms with Crippen LogP contribution in [0.4, 0.5) is 18.9 Å². The van der Waals surface area contributed by atoms with Crippen LogP contribution >= 0.6 is 11.6 Å². The van der Waals surface area contributed by atoms with Gasteiger partial charge in [0.05, 0.1) is 17.4 Å². The number of alkyl halides is 3. The number of nitrogens with zero attached hydrogens (tertiary/aromatic N) is 3. The summed E-state index contributed by atoms with van der Waals surface area (Å²) < 4.78 is 38.7. The van der Waals surface area contributed by atoms with E-state index in [-0.39, 0.29) is 28.8 Å². The Kier molecular flexibility index (Phi) is 5.41. The molecule has 1 saturated heterocycles. The summed E-state index contributed by atoms with van der Waals surface area (Å²) in [6.07, 6.45) is -2.51. The molecule has 11 heteroatoms. The van der Waals surface area contributed by atoms with E-state index in [9.17, 15) is 18.0 Å². The van der Waals surface area contributed by atoms with E-state index in [2.05, 4.69) is 26.3 Å². The van der Waals surface area contributed by atoms with E-state index in [0.717, 1.165) is 16.8 Å². The number of hydrogen-bond acceptors (Lipinski definition) is 6. The van der Waals surface area contributed by atoms with Crippen molar-refractivity contribution in [3.8, 4) is 5.82 Å². The van der Waals surface area contributed by atoms with E-state index in [1.54, 1.807) is 0 Å². The van der Waals surface area contributed by atoms with Gasteiger partial charge in [-0.2, -0.15) is 23.0 Å². The van der Waals surface area contributed by atoms with Crippen molar-refractivity contribution in [2.45, 2.75) is 32.1 Å². The maximum absolute atomic E-state index is 12.6. The minimum absolute atomic E-state index is 0.0483. The van der Waals surface area contributed by atoms with Gasteiger partial charge in [0, 0.05) is 30.7 Å². The minimum Gasteiger partial charge on any atom is -0.382 e. The highest BCUT2D eigenvalue weighted by Crippen LogP contribution is 2.28. The smallest absolute Gasteiger partial charge is 0.382 e. The lowest BCUT2D eigenvalue weighted by Crippen LogP contribution is -2.31. The minimum atomic E-state index is -4.51. The summed E-state index contributed by atoms with van der Waals surface area (Å²) in [7, 11) is 0. The number of halogens is 4. The second kappa shape index (κ2) is 7.45. The Morgan fingerprint density at radius 3 is 2.44 bits per heavy atom. The number of rotatable bonds is 4. The third-order valence-electron chi connectivity index (χ3n) is 4.56. The van der Waals surface area contributed by atoms with E-state index < -0.39 is 17.3 Å². The molecule has 3 heterocycles. The van der Waals surface area contributed by atoms with Gasteiger partial charge in [-0.15, -0.1) is 0 Å². The zero-order valence-corrected chi connectivity index (χ0v) is 15.3. The highest BCUT2D eigenvalue weighted by atomic mass is 35.5. The normalized spacial score (nSPS) is 22.8. The van der Waals surface area contributed by atoms with Crippen molar-refractivity contribution in [1.82, 2.24) is 25.6 Å². The van der Waals surface area contributed by atoms with Crippen molar-refractivity contribution < 1.29 is 13.2 Å². The van der Waals surface area contributed by atoms with E-state index in [4.69, 9.17) is 11.6 Å². The number of aromatic nitrogens is 3. The first-order chi connectivity index (χ1) is 12.7. The lowest BCUT2D eigenvalue weighted by Gasteiger charge is -2.19. The second-order valence-corrected chi connectivity index (χ2v) is 6.78. The monoisotopic (exact) mass is 402 g/mol. The Hall–Kier alpha value is -2.17. The molecule has 2 aromatic rings. The lowest BCUT2D eigenvalue weighted by molar-refractivity contribution is -0.137. The van der Waals surface area contributed by atoms with Crippen LogP contribution in [0.3, 0.4) is 0 Å². The molecule has 2 aromatic heterocycles. The molecule has 0 aromatic carbocycles. The first-order valence-electron chi connectivity index (χ1n) is 8.25. The molecule has 1 aliphatic rings. The number of pyridine rings is 1. The maximum atomic E-state index is 12.6. The molecule has 1 aliphatic heterocycles. The van der Waals surface area contributed by atoms with Gasteiger partial charge in [0.15, 0.2) is 5.82 Å². The third kappa shape index (κ3) is 4.07.